The number of methoxy groups -OCH3 is 1. The van der Waals surface area contributed by atoms with Gasteiger partial charge in [0.05, 0.1) is 50.0 Å². The van der Waals surface area contributed by atoms with E-state index in [-0.39, 0.29) is 35.4 Å². The summed E-state index contributed by atoms with van der Waals surface area (Å²) in [6, 6.07) is 12.5. The number of benzene rings is 1. The molecule has 1 aliphatic heterocycles. The number of nitrogens with zero attached hydrogens (tertiary/aromatic N) is 2. The van der Waals surface area contributed by atoms with E-state index in [2.05, 4.69) is 0 Å². The highest BCUT2D eigenvalue weighted by Crippen LogP contribution is 2.53. The smallest absolute Gasteiger partial charge is 0.339 e. The third-order valence-corrected chi connectivity index (χ3v) is 7.05. The average Bonchev–Trinajstić information content (AvgIpc) is 3.61. The molecule has 2 aromatic heterocycles. The van der Waals surface area contributed by atoms with Gasteiger partial charge in [-0.05, 0) is 38.1 Å². The summed E-state index contributed by atoms with van der Waals surface area (Å²) in [4.78, 5) is 30.4. The maximum atomic E-state index is 13.4. The Labute approximate surface area is 213 Å². The monoisotopic (exact) mass is 528 g/mol. The van der Waals surface area contributed by atoms with E-state index >= 15 is 0 Å². The largest absolute Gasteiger partial charge is 0.467 e. The number of esters is 1. The minimum Gasteiger partial charge on any atom is -0.467 e. The summed E-state index contributed by atoms with van der Waals surface area (Å²) in [5.41, 5.74) is -1.13. The Morgan fingerprint density at radius 1 is 1.05 bits per heavy atom. The zero-order valence-electron chi connectivity index (χ0n) is 20.3. The Morgan fingerprint density at radius 2 is 1.73 bits per heavy atom. The molecule has 4 rings (SSSR count). The number of hydroxylamine groups is 2. The Hall–Kier alpha value is -3.92. The predicted octanol–water partition coefficient (Wildman–Crippen LogP) is 5.08. The third-order valence-electron chi connectivity index (χ3n) is 5.99. The maximum Gasteiger partial charge on any atom is 0.339 e. The van der Waals surface area contributed by atoms with E-state index in [4.69, 9.17) is 23.1 Å². The molecule has 3 aromatic rings. The lowest BCUT2D eigenvalue weighted by molar-refractivity contribution is -0.385. The van der Waals surface area contributed by atoms with Gasteiger partial charge in [-0.2, -0.15) is 0 Å². The Kier molecular flexibility index (Phi) is 7.77. The summed E-state index contributed by atoms with van der Waals surface area (Å²) >= 11 is 0. The van der Waals surface area contributed by atoms with Crippen LogP contribution in [0.25, 0.3) is 0 Å². The van der Waals surface area contributed by atoms with Crippen molar-refractivity contribution in [3.63, 3.8) is 0 Å². The van der Waals surface area contributed by atoms with Crippen molar-refractivity contribution in [2.75, 3.05) is 7.11 Å². The van der Waals surface area contributed by atoms with E-state index in [1.165, 1.54) is 42.9 Å². The Balaban J connectivity index is 1.95. The number of ether oxygens (including phenoxy) is 2. The first-order valence-electron chi connectivity index (χ1n) is 11.2. The van der Waals surface area contributed by atoms with Crippen LogP contribution < -0.4 is 0 Å². The second kappa shape index (κ2) is 11.0. The first-order valence-corrected chi connectivity index (χ1v) is 12.2. The molecule has 2 unspecified atom stereocenters. The molecule has 3 heterocycles. The number of rotatable bonds is 10. The molecule has 0 amide bonds. The number of nitro benzene ring substituents is 1. The second-order valence-electron chi connectivity index (χ2n) is 8.07. The number of hydrogen-bond donors (Lipinski definition) is 0. The van der Waals surface area contributed by atoms with Crippen molar-refractivity contribution in [1.82, 2.24) is 5.06 Å². The fraction of sp³-hybridized carbons (Fsp3) is 0.240. The van der Waals surface area contributed by atoms with Crippen LogP contribution in [0.5, 0.6) is 0 Å². The van der Waals surface area contributed by atoms with Crippen LogP contribution in [-0.2, 0) is 42.5 Å². The van der Waals surface area contributed by atoms with Gasteiger partial charge in [0.1, 0.15) is 24.7 Å². The van der Waals surface area contributed by atoms with Crippen LogP contribution >= 0.6 is 8.46 Å². The first-order chi connectivity index (χ1) is 17.8. The molecular formula is C25H25N2O9P. The minimum atomic E-state index is -1.79. The van der Waals surface area contributed by atoms with Crippen molar-refractivity contribution in [1.29, 1.82) is 0 Å². The molecule has 11 nitrogen and oxygen atoms in total. The number of hydrogen-bond acceptors (Lipinski definition) is 10. The van der Waals surface area contributed by atoms with Gasteiger partial charge in [-0.3, -0.25) is 15.0 Å². The molecule has 0 aliphatic carbocycles. The van der Waals surface area contributed by atoms with Crippen molar-refractivity contribution >= 4 is 20.1 Å². The van der Waals surface area contributed by atoms with Gasteiger partial charge in [-0.15, -0.1) is 0 Å². The number of non-ortho nitro benzene ring substituents is 1. The van der Waals surface area contributed by atoms with Gasteiger partial charge < -0.3 is 22.9 Å². The summed E-state index contributed by atoms with van der Waals surface area (Å²) in [7, 11) is -0.517. The van der Waals surface area contributed by atoms with E-state index in [0.717, 1.165) is 0 Å². The predicted molar refractivity (Wildman–Crippen MR) is 131 cm³/mol. The maximum absolute atomic E-state index is 13.4. The van der Waals surface area contributed by atoms with E-state index in [1.807, 2.05) is 0 Å². The zero-order valence-corrected chi connectivity index (χ0v) is 21.5. The molecule has 12 heteroatoms. The van der Waals surface area contributed by atoms with Crippen molar-refractivity contribution < 1.29 is 37.4 Å². The molecular weight excluding hydrogens is 503 g/mol. The minimum absolute atomic E-state index is 0.0225. The highest BCUT2D eigenvalue weighted by atomic mass is 31.1. The molecule has 1 aliphatic rings. The van der Waals surface area contributed by atoms with Gasteiger partial charge in [0.2, 0.25) is 0 Å². The van der Waals surface area contributed by atoms with Gasteiger partial charge in [-0.25, -0.2) is 9.86 Å². The summed E-state index contributed by atoms with van der Waals surface area (Å²) in [6.07, 6.45) is 2.97. The Bertz CT molecular complexity index is 1360. The van der Waals surface area contributed by atoms with Crippen LogP contribution in [0, 0.1) is 10.1 Å². The van der Waals surface area contributed by atoms with Gasteiger partial charge >= 0.3 is 5.97 Å². The molecule has 194 valence electrons. The molecule has 1 aromatic carbocycles. The summed E-state index contributed by atoms with van der Waals surface area (Å²) in [6.45, 7) is 3.18. The molecule has 0 saturated heterocycles. The number of nitro groups is 1. The first kappa shape index (κ1) is 26.2. The van der Waals surface area contributed by atoms with Gasteiger partial charge in [0.25, 0.3) is 5.69 Å². The lowest BCUT2D eigenvalue weighted by Gasteiger charge is -2.43. The van der Waals surface area contributed by atoms with Crippen LogP contribution in [0.15, 0.2) is 92.2 Å². The summed E-state index contributed by atoms with van der Waals surface area (Å²) in [5.74, 6) is 0.176. The van der Waals surface area contributed by atoms with Gasteiger partial charge in [0.15, 0.2) is 5.60 Å². The Morgan fingerprint density at radius 3 is 2.30 bits per heavy atom. The average molecular weight is 528 g/mol. The zero-order chi connectivity index (χ0) is 26.6. The standard InChI is InChI=1S/C25H25N2O9P/c1-16-22(24(28)32-3)25(35-14-20-9-5-11-33-20,18-7-4-8-19(13-18)27(29)30)23(37-31)17(2)26(16)36-15-21-10-6-12-34-21/h4-13H,14-15,37H2,1-3H3. The summed E-state index contributed by atoms with van der Waals surface area (Å²) < 4.78 is 35.2. The topological polar surface area (TPSA) is 134 Å². The number of allylic oxidation sites excluding steroid dienone is 2. The fourth-order valence-corrected chi connectivity index (χ4v) is 5.18. The van der Waals surface area contributed by atoms with E-state index < -0.39 is 25.0 Å². The van der Waals surface area contributed by atoms with Crippen LogP contribution in [0.2, 0.25) is 0 Å². The van der Waals surface area contributed by atoms with Crippen molar-refractivity contribution in [3.8, 4) is 0 Å². The molecule has 0 radical (unpaired) electrons. The number of carbonyl (C=O) groups excluding carboxylic acids is 1. The van der Waals surface area contributed by atoms with Crippen LogP contribution in [-0.4, -0.2) is 23.1 Å². The second-order valence-corrected chi connectivity index (χ2v) is 8.89. The van der Waals surface area contributed by atoms with Crippen LogP contribution in [0.3, 0.4) is 0 Å². The quantitative estimate of drug-likeness (QED) is 0.152. The molecule has 0 N–H and O–H groups in total. The van der Waals surface area contributed by atoms with Crippen molar-refractivity contribution in [3.05, 3.63) is 111 Å². The van der Waals surface area contributed by atoms with E-state index in [0.29, 0.717) is 22.9 Å². The molecule has 0 fully saturated rings. The molecule has 37 heavy (non-hydrogen) atoms. The lowest BCUT2D eigenvalue weighted by atomic mass is 9.81. The van der Waals surface area contributed by atoms with Gasteiger partial charge in [-0.1, -0.05) is 12.1 Å². The van der Waals surface area contributed by atoms with E-state index in [1.54, 1.807) is 44.2 Å². The lowest BCUT2D eigenvalue weighted by Crippen LogP contribution is -2.44. The fourth-order valence-electron chi connectivity index (χ4n) is 4.33. The highest BCUT2D eigenvalue weighted by Gasteiger charge is 2.52. The van der Waals surface area contributed by atoms with Crippen LogP contribution in [0.4, 0.5) is 5.69 Å². The van der Waals surface area contributed by atoms with Crippen molar-refractivity contribution in [2.24, 2.45) is 0 Å². The highest BCUT2D eigenvalue weighted by molar-refractivity contribution is 7.29. The normalized spacial score (nSPS) is 18.2. The third kappa shape index (κ3) is 4.89. The summed E-state index contributed by atoms with van der Waals surface area (Å²) in [5, 5.41) is 13.2. The van der Waals surface area contributed by atoms with Crippen LogP contribution in [0.1, 0.15) is 30.9 Å². The van der Waals surface area contributed by atoms with E-state index in [9.17, 15) is 19.5 Å². The molecule has 0 bridgehead atoms. The number of carbonyl (C=O) groups is 1. The SMILES string of the molecule is COC(=O)C1=C(C)N(OCc2ccco2)C(C)=C([PH2]=O)C1(OCc1ccco1)c1cccc([N+](=O)[O-])c1. The van der Waals surface area contributed by atoms with Gasteiger partial charge in [0, 0.05) is 23.0 Å². The molecule has 2 atom stereocenters. The van der Waals surface area contributed by atoms with Crippen molar-refractivity contribution in [2.45, 2.75) is 32.7 Å². The number of furan rings is 2. The molecule has 0 saturated carbocycles. The molecule has 0 spiro atoms.